The number of nitrogens with zero attached hydrogens (tertiary/aromatic N) is 2. The van der Waals surface area contributed by atoms with Crippen molar-refractivity contribution in [2.24, 2.45) is 4.99 Å². The molecule has 3 rings (SSSR count). The minimum Gasteiger partial charge on any atom is -0.434 e. The van der Waals surface area contributed by atoms with E-state index in [1.807, 2.05) is 13.0 Å². The zero-order chi connectivity index (χ0) is 22.1. The smallest absolute Gasteiger partial charge is 0.387 e. The lowest BCUT2D eigenvalue weighted by atomic mass is 10.1. The number of morpholine rings is 1. The van der Waals surface area contributed by atoms with E-state index in [1.54, 1.807) is 19.2 Å². The number of rotatable bonds is 8. The van der Waals surface area contributed by atoms with Crippen LogP contribution in [0.4, 0.5) is 8.78 Å². The fraction of sp³-hybridized carbons (Fsp3) is 0.435. The van der Waals surface area contributed by atoms with Crippen molar-refractivity contribution in [2.75, 3.05) is 33.4 Å². The van der Waals surface area contributed by atoms with Gasteiger partial charge in [0.2, 0.25) is 0 Å². The molecule has 0 radical (unpaired) electrons. The average molecular weight is 433 g/mol. The summed E-state index contributed by atoms with van der Waals surface area (Å²) in [7, 11) is 1.68. The van der Waals surface area contributed by atoms with Gasteiger partial charge in [0.25, 0.3) is 0 Å². The van der Waals surface area contributed by atoms with Gasteiger partial charge in [-0.05, 0) is 24.1 Å². The number of hydrogen-bond donors (Lipinski definition) is 2. The van der Waals surface area contributed by atoms with Gasteiger partial charge in [0, 0.05) is 45.3 Å². The Labute approximate surface area is 182 Å². The standard InChI is InChI=1S/C23H30F2N4O2/c1-17-6-7-21(31-22(24)25)20(12-17)15-28-23(26-2)27-14-18-4-3-5-19(13-18)16-29-8-10-30-11-9-29/h3-7,12-13,22H,8-11,14-16H2,1-2H3,(H2,26,27,28). The van der Waals surface area contributed by atoms with E-state index < -0.39 is 6.61 Å². The van der Waals surface area contributed by atoms with E-state index >= 15 is 0 Å². The summed E-state index contributed by atoms with van der Waals surface area (Å²) in [6.07, 6.45) is 0. The van der Waals surface area contributed by atoms with Crippen LogP contribution in [0.3, 0.4) is 0 Å². The molecule has 0 amide bonds. The monoisotopic (exact) mass is 432 g/mol. The van der Waals surface area contributed by atoms with Crippen LogP contribution in [0.15, 0.2) is 47.5 Å². The number of hydrogen-bond acceptors (Lipinski definition) is 4. The van der Waals surface area contributed by atoms with Gasteiger partial charge in [-0.2, -0.15) is 8.78 Å². The lowest BCUT2D eigenvalue weighted by Gasteiger charge is -2.26. The molecular formula is C23H30F2N4O2. The summed E-state index contributed by atoms with van der Waals surface area (Å²) >= 11 is 0. The van der Waals surface area contributed by atoms with Gasteiger partial charge in [0.15, 0.2) is 5.96 Å². The minimum atomic E-state index is -2.86. The molecule has 1 fully saturated rings. The van der Waals surface area contributed by atoms with Crippen molar-refractivity contribution in [3.05, 3.63) is 64.7 Å². The summed E-state index contributed by atoms with van der Waals surface area (Å²) in [6.45, 7) is 4.36. The zero-order valence-electron chi connectivity index (χ0n) is 18.0. The highest BCUT2D eigenvalue weighted by Crippen LogP contribution is 2.22. The quantitative estimate of drug-likeness (QED) is 0.495. The lowest BCUT2D eigenvalue weighted by molar-refractivity contribution is -0.0504. The third kappa shape index (κ3) is 7.48. The zero-order valence-corrected chi connectivity index (χ0v) is 18.0. The molecule has 2 N–H and O–H groups in total. The average Bonchev–Trinajstić information content (AvgIpc) is 2.76. The van der Waals surface area contributed by atoms with E-state index in [0.29, 0.717) is 24.6 Å². The molecule has 0 aliphatic carbocycles. The molecule has 0 saturated carbocycles. The summed E-state index contributed by atoms with van der Waals surface area (Å²) in [5.41, 5.74) is 4.03. The SMILES string of the molecule is CN=C(NCc1cccc(CN2CCOCC2)c1)NCc1cc(C)ccc1OC(F)F. The Hall–Kier alpha value is -2.71. The van der Waals surface area contributed by atoms with Crippen molar-refractivity contribution in [3.63, 3.8) is 0 Å². The number of nitrogens with one attached hydrogen (secondary N) is 2. The van der Waals surface area contributed by atoms with Crippen LogP contribution >= 0.6 is 0 Å². The predicted octanol–water partition coefficient (Wildman–Crippen LogP) is 3.29. The van der Waals surface area contributed by atoms with Gasteiger partial charge in [0.05, 0.1) is 13.2 Å². The Morgan fingerprint density at radius 1 is 1.10 bits per heavy atom. The maximum absolute atomic E-state index is 12.7. The van der Waals surface area contributed by atoms with Gasteiger partial charge in [0.1, 0.15) is 5.75 Å². The van der Waals surface area contributed by atoms with Crippen LogP contribution in [0, 0.1) is 6.92 Å². The number of benzene rings is 2. The van der Waals surface area contributed by atoms with Crippen LogP contribution in [-0.4, -0.2) is 50.8 Å². The van der Waals surface area contributed by atoms with E-state index in [9.17, 15) is 8.78 Å². The second-order valence-electron chi connectivity index (χ2n) is 7.48. The number of ether oxygens (including phenoxy) is 2. The molecule has 0 bridgehead atoms. The predicted molar refractivity (Wildman–Crippen MR) is 117 cm³/mol. The van der Waals surface area contributed by atoms with Crippen molar-refractivity contribution < 1.29 is 18.3 Å². The maximum Gasteiger partial charge on any atom is 0.387 e. The first-order valence-corrected chi connectivity index (χ1v) is 10.4. The van der Waals surface area contributed by atoms with Crippen molar-refractivity contribution in [1.82, 2.24) is 15.5 Å². The van der Waals surface area contributed by atoms with Crippen LogP contribution in [0.1, 0.15) is 22.3 Å². The normalized spacial score (nSPS) is 15.2. The van der Waals surface area contributed by atoms with Crippen LogP contribution in [0.2, 0.25) is 0 Å². The number of alkyl halides is 2. The van der Waals surface area contributed by atoms with Gasteiger partial charge in [-0.25, -0.2) is 0 Å². The Morgan fingerprint density at radius 3 is 2.58 bits per heavy atom. The summed E-state index contributed by atoms with van der Waals surface area (Å²) in [5.74, 6) is 0.752. The Balaban J connectivity index is 1.54. The van der Waals surface area contributed by atoms with Crippen LogP contribution in [0.25, 0.3) is 0 Å². The molecular weight excluding hydrogens is 402 g/mol. The Morgan fingerprint density at radius 2 is 1.84 bits per heavy atom. The highest BCUT2D eigenvalue weighted by molar-refractivity contribution is 5.79. The van der Waals surface area contributed by atoms with Gasteiger partial charge in [-0.3, -0.25) is 9.89 Å². The molecule has 6 nitrogen and oxygen atoms in total. The molecule has 1 heterocycles. The largest absolute Gasteiger partial charge is 0.434 e. The molecule has 8 heteroatoms. The number of aliphatic imine (C=N–C) groups is 1. The maximum atomic E-state index is 12.7. The van der Waals surface area contributed by atoms with E-state index in [2.05, 4.69) is 49.5 Å². The van der Waals surface area contributed by atoms with Gasteiger partial charge >= 0.3 is 6.61 Å². The minimum absolute atomic E-state index is 0.166. The number of aryl methyl sites for hydroxylation is 1. The van der Waals surface area contributed by atoms with Crippen LogP contribution in [-0.2, 0) is 24.4 Å². The summed E-state index contributed by atoms with van der Waals surface area (Å²) < 4.78 is 35.4. The third-order valence-corrected chi connectivity index (χ3v) is 5.06. The van der Waals surface area contributed by atoms with Crippen molar-refractivity contribution >= 4 is 5.96 Å². The van der Waals surface area contributed by atoms with Crippen LogP contribution < -0.4 is 15.4 Å². The second-order valence-corrected chi connectivity index (χ2v) is 7.48. The van der Waals surface area contributed by atoms with Crippen molar-refractivity contribution in [3.8, 4) is 5.75 Å². The van der Waals surface area contributed by atoms with Gasteiger partial charge in [-0.15, -0.1) is 0 Å². The molecule has 1 saturated heterocycles. The van der Waals surface area contributed by atoms with E-state index in [0.717, 1.165) is 44.0 Å². The summed E-state index contributed by atoms with van der Waals surface area (Å²) in [4.78, 5) is 6.62. The fourth-order valence-electron chi connectivity index (χ4n) is 3.50. The van der Waals surface area contributed by atoms with Crippen LogP contribution in [0.5, 0.6) is 5.75 Å². The molecule has 0 spiro atoms. The molecule has 0 aromatic heterocycles. The first-order chi connectivity index (χ1) is 15.0. The molecule has 31 heavy (non-hydrogen) atoms. The molecule has 0 unspecified atom stereocenters. The molecule has 2 aromatic rings. The van der Waals surface area contributed by atoms with Gasteiger partial charge < -0.3 is 20.1 Å². The summed E-state index contributed by atoms with van der Waals surface area (Å²) in [6, 6.07) is 13.6. The molecule has 168 valence electrons. The third-order valence-electron chi connectivity index (χ3n) is 5.06. The molecule has 2 aromatic carbocycles. The van der Waals surface area contributed by atoms with E-state index in [4.69, 9.17) is 4.74 Å². The van der Waals surface area contributed by atoms with Gasteiger partial charge in [-0.1, -0.05) is 42.0 Å². The Kier molecular flexibility index (Phi) is 8.61. The summed E-state index contributed by atoms with van der Waals surface area (Å²) in [5, 5.41) is 6.45. The van der Waals surface area contributed by atoms with E-state index in [-0.39, 0.29) is 5.75 Å². The fourth-order valence-corrected chi connectivity index (χ4v) is 3.50. The second kappa shape index (κ2) is 11.6. The number of guanidine groups is 1. The highest BCUT2D eigenvalue weighted by atomic mass is 19.3. The highest BCUT2D eigenvalue weighted by Gasteiger charge is 2.12. The topological polar surface area (TPSA) is 58.1 Å². The lowest BCUT2D eigenvalue weighted by Crippen LogP contribution is -2.36. The first-order valence-electron chi connectivity index (χ1n) is 10.4. The van der Waals surface area contributed by atoms with Crippen molar-refractivity contribution in [2.45, 2.75) is 33.2 Å². The molecule has 1 aliphatic heterocycles. The van der Waals surface area contributed by atoms with E-state index in [1.165, 1.54) is 5.56 Å². The van der Waals surface area contributed by atoms with Crippen molar-refractivity contribution in [1.29, 1.82) is 0 Å². The Bertz CT molecular complexity index is 870. The molecule has 0 atom stereocenters. The number of halogens is 2. The molecule has 1 aliphatic rings. The first kappa shape index (κ1) is 23.0.